The highest BCUT2D eigenvalue weighted by atomic mass is 16.5. The zero-order valence-corrected chi connectivity index (χ0v) is 8.14. The fourth-order valence-corrected chi connectivity index (χ4v) is 1.61. The average molecular weight is 203 g/mol. The molecule has 0 saturated carbocycles. The van der Waals surface area contributed by atoms with E-state index in [0.29, 0.717) is 11.1 Å². The van der Waals surface area contributed by atoms with Gasteiger partial charge in [-0.25, -0.2) is 4.99 Å². The lowest BCUT2D eigenvalue weighted by molar-refractivity contribution is -0.142. The summed E-state index contributed by atoms with van der Waals surface area (Å²) in [6.07, 6.45) is 8.10. The van der Waals surface area contributed by atoms with Crippen LogP contribution in [0.3, 0.4) is 0 Å². The number of carbonyl (C=O) groups excluding carboxylic acids is 2. The number of carbonyl (C=O) groups is 2. The molecule has 0 aromatic rings. The summed E-state index contributed by atoms with van der Waals surface area (Å²) in [5.41, 5.74) is 1.12. The van der Waals surface area contributed by atoms with Gasteiger partial charge in [0.2, 0.25) is 0 Å². The van der Waals surface area contributed by atoms with Gasteiger partial charge in [-0.1, -0.05) is 12.2 Å². The maximum absolute atomic E-state index is 11.4. The molecule has 0 aromatic heterocycles. The van der Waals surface area contributed by atoms with Crippen LogP contribution in [-0.4, -0.2) is 25.2 Å². The second-order valence-electron chi connectivity index (χ2n) is 3.17. The number of amides is 1. The van der Waals surface area contributed by atoms with Crippen molar-refractivity contribution in [1.82, 2.24) is 0 Å². The number of allylic oxidation sites excluding steroid dienone is 3. The lowest BCUT2D eigenvalue weighted by Crippen LogP contribution is -2.23. The standard InChI is InChI=1S/C11H9NO3/c1-15-11(14)9-4-2-3-8-7(9)5-6-12-10(8)13/h2-6,9H,1H3. The van der Waals surface area contributed by atoms with E-state index in [1.807, 2.05) is 0 Å². The minimum atomic E-state index is -0.495. The van der Waals surface area contributed by atoms with Crippen LogP contribution in [0.4, 0.5) is 0 Å². The average Bonchev–Trinajstić information content (AvgIpc) is 2.28. The molecule has 1 atom stereocenters. The van der Waals surface area contributed by atoms with Crippen molar-refractivity contribution in [2.24, 2.45) is 10.9 Å². The number of fused-ring (bicyclic) bond motifs is 1. The van der Waals surface area contributed by atoms with Crippen LogP contribution < -0.4 is 0 Å². The monoisotopic (exact) mass is 203 g/mol. The molecular weight excluding hydrogens is 194 g/mol. The Hall–Kier alpha value is -1.97. The highest BCUT2D eigenvalue weighted by molar-refractivity contribution is 6.09. The van der Waals surface area contributed by atoms with Gasteiger partial charge in [0.05, 0.1) is 7.11 Å². The van der Waals surface area contributed by atoms with Crippen LogP contribution in [0, 0.1) is 5.92 Å². The maximum atomic E-state index is 11.4. The van der Waals surface area contributed by atoms with Gasteiger partial charge in [0.1, 0.15) is 5.92 Å². The van der Waals surface area contributed by atoms with E-state index in [9.17, 15) is 9.59 Å². The molecule has 2 aliphatic rings. The van der Waals surface area contributed by atoms with Gasteiger partial charge < -0.3 is 4.74 Å². The second kappa shape index (κ2) is 3.65. The quantitative estimate of drug-likeness (QED) is 0.592. The minimum absolute atomic E-state index is 0.314. The lowest BCUT2D eigenvalue weighted by Gasteiger charge is -2.20. The molecule has 0 bridgehead atoms. The predicted molar refractivity (Wildman–Crippen MR) is 54.3 cm³/mol. The lowest BCUT2D eigenvalue weighted by atomic mass is 9.86. The fraction of sp³-hybridized carbons (Fsp3) is 0.182. The van der Waals surface area contributed by atoms with Crippen LogP contribution >= 0.6 is 0 Å². The summed E-state index contributed by atoms with van der Waals surface area (Å²) < 4.78 is 4.66. The third-order valence-electron chi connectivity index (χ3n) is 2.34. The van der Waals surface area contributed by atoms with Crippen LogP contribution in [-0.2, 0) is 14.3 Å². The van der Waals surface area contributed by atoms with Gasteiger partial charge in [-0.15, -0.1) is 0 Å². The van der Waals surface area contributed by atoms with Crippen LogP contribution in [0.15, 0.2) is 40.4 Å². The van der Waals surface area contributed by atoms with Gasteiger partial charge in [0.25, 0.3) is 5.91 Å². The van der Waals surface area contributed by atoms with Crippen molar-refractivity contribution in [1.29, 1.82) is 0 Å². The number of methoxy groups -OCH3 is 1. The zero-order valence-electron chi connectivity index (χ0n) is 8.14. The molecule has 0 spiro atoms. The highest BCUT2D eigenvalue weighted by Gasteiger charge is 2.29. The molecule has 1 unspecified atom stereocenters. The molecular formula is C11H9NO3. The van der Waals surface area contributed by atoms with Gasteiger partial charge in [-0.05, 0) is 17.7 Å². The van der Waals surface area contributed by atoms with Gasteiger partial charge in [-0.2, -0.15) is 0 Å². The predicted octanol–water partition coefficient (Wildman–Crippen LogP) is 0.809. The summed E-state index contributed by atoms with van der Waals surface area (Å²) in [5, 5.41) is 0. The van der Waals surface area contributed by atoms with E-state index >= 15 is 0 Å². The molecule has 1 aliphatic carbocycles. The number of rotatable bonds is 1. The van der Waals surface area contributed by atoms with E-state index in [1.54, 1.807) is 24.3 Å². The Bertz CT molecular complexity index is 441. The number of aliphatic imine (C=N–C) groups is 1. The molecule has 0 radical (unpaired) electrons. The summed E-state index contributed by atoms with van der Waals surface area (Å²) in [6, 6.07) is 0. The first-order valence-corrected chi connectivity index (χ1v) is 4.49. The zero-order chi connectivity index (χ0) is 10.8. The molecule has 0 fully saturated rings. The number of ether oxygens (including phenoxy) is 1. The Kier molecular flexibility index (Phi) is 2.33. The fourth-order valence-electron chi connectivity index (χ4n) is 1.61. The van der Waals surface area contributed by atoms with Crippen LogP contribution in [0.5, 0.6) is 0 Å². The van der Waals surface area contributed by atoms with E-state index in [1.165, 1.54) is 13.3 Å². The summed E-state index contributed by atoms with van der Waals surface area (Å²) in [4.78, 5) is 26.5. The van der Waals surface area contributed by atoms with E-state index < -0.39 is 5.92 Å². The number of esters is 1. The van der Waals surface area contributed by atoms with Crippen LogP contribution in [0.2, 0.25) is 0 Å². The summed E-state index contributed by atoms with van der Waals surface area (Å²) in [5.74, 6) is -1.18. The maximum Gasteiger partial charge on any atom is 0.317 e. The second-order valence-corrected chi connectivity index (χ2v) is 3.17. The normalized spacial score (nSPS) is 23.0. The SMILES string of the molecule is COC(=O)C1C=CC=C2C(=O)N=CC=C21. The van der Waals surface area contributed by atoms with Crippen molar-refractivity contribution < 1.29 is 14.3 Å². The molecule has 1 heterocycles. The molecule has 0 saturated heterocycles. The summed E-state index contributed by atoms with van der Waals surface area (Å²) >= 11 is 0. The van der Waals surface area contributed by atoms with Crippen molar-refractivity contribution in [3.05, 3.63) is 35.5 Å². The molecule has 4 nitrogen and oxygen atoms in total. The Labute approximate surface area is 86.6 Å². The summed E-state index contributed by atoms with van der Waals surface area (Å²) in [6.45, 7) is 0. The number of dihydropyridines is 1. The number of nitrogens with zero attached hydrogens (tertiary/aromatic N) is 1. The van der Waals surface area contributed by atoms with Gasteiger partial charge in [0.15, 0.2) is 0 Å². The van der Waals surface area contributed by atoms with Gasteiger partial charge in [0, 0.05) is 11.8 Å². The first-order valence-electron chi connectivity index (χ1n) is 4.49. The first kappa shape index (κ1) is 9.58. The highest BCUT2D eigenvalue weighted by Crippen LogP contribution is 2.28. The molecule has 15 heavy (non-hydrogen) atoms. The molecule has 1 amide bonds. The Morgan fingerprint density at radius 2 is 2.27 bits per heavy atom. The van der Waals surface area contributed by atoms with Crippen molar-refractivity contribution in [2.75, 3.05) is 7.11 Å². The first-order chi connectivity index (χ1) is 7.24. The molecule has 0 aromatic carbocycles. The Balaban J connectivity index is 2.40. The molecule has 76 valence electrons. The van der Waals surface area contributed by atoms with Gasteiger partial charge >= 0.3 is 5.97 Å². The molecule has 4 heteroatoms. The smallest absolute Gasteiger partial charge is 0.317 e. The topological polar surface area (TPSA) is 55.7 Å². The van der Waals surface area contributed by atoms with Gasteiger partial charge in [-0.3, -0.25) is 9.59 Å². The van der Waals surface area contributed by atoms with E-state index in [0.717, 1.165) is 0 Å². The molecule has 1 aliphatic heterocycles. The summed E-state index contributed by atoms with van der Waals surface area (Å²) in [7, 11) is 1.33. The Morgan fingerprint density at radius 1 is 1.47 bits per heavy atom. The van der Waals surface area contributed by atoms with E-state index in [4.69, 9.17) is 0 Å². The largest absolute Gasteiger partial charge is 0.468 e. The van der Waals surface area contributed by atoms with Crippen molar-refractivity contribution in [3.63, 3.8) is 0 Å². The molecule has 2 rings (SSSR count). The van der Waals surface area contributed by atoms with Crippen LogP contribution in [0.25, 0.3) is 0 Å². The number of hydrogen-bond acceptors (Lipinski definition) is 3. The number of hydrogen-bond donors (Lipinski definition) is 0. The van der Waals surface area contributed by atoms with Crippen molar-refractivity contribution in [3.8, 4) is 0 Å². The van der Waals surface area contributed by atoms with Crippen LogP contribution in [0.1, 0.15) is 0 Å². The minimum Gasteiger partial charge on any atom is -0.468 e. The Morgan fingerprint density at radius 3 is 3.00 bits per heavy atom. The van der Waals surface area contributed by atoms with E-state index in [-0.39, 0.29) is 11.9 Å². The van der Waals surface area contributed by atoms with E-state index in [2.05, 4.69) is 9.73 Å². The van der Waals surface area contributed by atoms with Crippen molar-refractivity contribution >= 4 is 18.1 Å². The van der Waals surface area contributed by atoms with Crippen molar-refractivity contribution in [2.45, 2.75) is 0 Å². The molecule has 0 N–H and O–H groups in total. The third kappa shape index (κ3) is 1.54. The third-order valence-corrected chi connectivity index (χ3v) is 2.34.